The largest absolute Gasteiger partial charge is 0.497 e. The smallest absolute Gasteiger partial charge is 0.311 e. The van der Waals surface area contributed by atoms with Crippen molar-refractivity contribution < 1.29 is 14.3 Å². The number of esters is 1. The molecule has 1 heterocycles. The Kier molecular flexibility index (Phi) is 7.21. The lowest BCUT2D eigenvalue weighted by Gasteiger charge is -2.25. The maximum Gasteiger partial charge on any atom is 0.311 e. The van der Waals surface area contributed by atoms with Gasteiger partial charge in [0, 0.05) is 44.2 Å². The molecule has 0 N–H and O–H groups in total. The molecule has 4 nitrogen and oxygen atoms in total. The molecule has 0 saturated heterocycles. The van der Waals surface area contributed by atoms with Gasteiger partial charge in [0.2, 0.25) is 0 Å². The van der Waals surface area contributed by atoms with Crippen molar-refractivity contribution in [2.45, 2.75) is 57.2 Å². The van der Waals surface area contributed by atoms with Gasteiger partial charge in [-0.25, -0.2) is 0 Å². The second-order valence-corrected chi connectivity index (χ2v) is 11.9. The molecule has 0 fully saturated rings. The molecular formula is C26H32ClNO3S. The fourth-order valence-corrected chi connectivity index (χ4v) is 5.11. The Balaban J connectivity index is 2.27. The summed E-state index contributed by atoms with van der Waals surface area (Å²) in [5.74, 6) is 0.598. The lowest BCUT2D eigenvalue weighted by Crippen LogP contribution is -2.29. The minimum atomic E-state index is -0.668. The molecule has 0 aliphatic heterocycles. The molecule has 0 unspecified atom stereocenters. The Morgan fingerprint density at radius 1 is 1.03 bits per heavy atom. The molecule has 3 rings (SSSR count). The van der Waals surface area contributed by atoms with Crippen LogP contribution in [0.1, 0.15) is 45.9 Å². The summed E-state index contributed by atoms with van der Waals surface area (Å²) in [5, 5.41) is 1.85. The van der Waals surface area contributed by atoms with Gasteiger partial charge in [-0.05, 0) is 49.7 Å². The van der Waals surface area contributed by atoms with Crippen LogP contribution in [0.2, 0.25) is 5.02 Å². The minimum absolute atomic E-state index is 0.00732. The molecule has 0 aliphatic rings. The number of hydrogen-bond acceptors (Lipinski definition) is 4. The van der Waals surface area contributed by atoms with Crippen molar-refractivity contribution in [3.8, 4) is 5.75 Å². The fraction of sp³-hybridized carbons (Fsp3) is 0.423. The zero-order valence-corrected chi connectivity index (χ0v) is 21.5. The van der Waals surface area contributed by atoms with Crippen LogP contribution >= 0.6 is 23.4 Å². The highest BCUT2D eigenvalue weighted by Gasteiger charge is 2.33. The first-order valence-corrected chi connectivity index (χ1v) is 11.9. The van der Waals surface area contributed by atoms with E-state index in [1.807, 2.05) is 55.9 Å². The molecule has 0 amide bonds. The molecular weight excluding hydrogens is 442 g/mol. The first-order valence-electron chi connectivity index (χ1n) is 10.7. The van der Waals surface area contributed by atoms with Crippen molar-refractivity contribution in [1.82, 2.24) is 4.57 Å². The van der Waals surface area contributed by atoms with Crippen LogP contribution in [-0.4, -0.2) is 29.5 Å². The zero-order chi connectivity index (χ0) is 23.7. The van der Waals surface area contributed by atoms with E-state index in [0.29, 0.717) is 18.0 Å². The first-order chi connectivity index (χ1) is 14.9. The third kappa shape index (κ3) is 5.44. The first kappa shape index (κ1) is 24.5. The van der Waals surface area contributed by atoms with Gasteiger partial charge in [-0.15, -0.1) is 11.8 Å². The lowest BCUT2D eigenvalue weighted by atomic mass is 9.87. The highest BCUT2D eigenvalue weighted by Crippen LogP contribution is 2.44. The topological polar surface area (TPSA) is 40.5 Å². The fourth-order valence-electron chi connectivity index (χ4n) is 3.80. The summed E-state index contributed by atoms with van der Waals surface area (Å²) in [7, 11) is 3.13. The van der Waals surface area contributed by atoms with Crippen molar-refractivity contribution in [3.63, 3.8) is 0 Å². The van der Waals surface area contributed by atoms with Gasteiger partial charge < -0.3 is 14.0 Å². The lowest BCUT2D eigenvalue weighted by molar-refractivity contribution is -0.150. The number of benzene rings is 2. The van der Waals surface area contributed by atoms with Crippen molar-refractivity contribution in [3.05, 3.63) is 58.7 Å². The number of hydrogen-bond donors (Lipinski definition) is 0. The van der Waals surface area contributed by atoms with Crippen LogP contribution in [0.5, 0.6) is 5.75 Å². The summed E-state index contributed by atoms with van der Waals surface area (Å²) in [4.78, 5) is 13.8. The molecule has 172 valence electrons. The molecule has 6 heteroatoms. The van der Waals surface area contributed by atoms with Crippen LogP contribution in [-0.2, 0) is 22.5 Å². The number of carbonyl (C=O) groups is 1. The van der Waals surface area contributed by atoms with E-state index in [9.17, 15) is 4.79 Å². The van der Waals surface area contributed by atoms with Crippen LogP contribution in [0, 0.1) is 5.41 Å². The Bertz CT molecular complexity index is 1110. The van der Waals surface area contributed by atoms with Crippen LogP contribution in [0.25, 0.3) is 10.9 Å². The summed E-state index contributed by atoms with van der Waals surface area (Å²) < 4.78 is 13.0. The predicted octanol–water partition coefficient (Wildman–Crippen LogP) is 6.98. The molecule has 0 saturated carbocycles. The van der Waals surface area contributed by atoms with Crippen LogP contribution < -0.4 is 4.74 Å². The molecule has 0 spiro atoms. The molecule has 32 heavy (non-hydrogen) atoms. The average Bonchev–Trinajstić information content (AvgIpc) is 2.99. The van der Waals surface area contributed by atoms with E-state index >= 15 is 0 Å². The Hall–Kier alpha value is -2.11. The number of ether oxygens (including phenoxy) is 2. The van der Waals surface area contributed by atoms with Gasteiger partial charge >= 0.3 is 5.97 Å². The zero-order valence-electron chi connectivity index (χ0n) is 19.9. The van der Waals surface area contributed by atoms with E-state index < -0.39 is 5.41 Å². The van der Waals surface area contributed by atoms with Crippen LogP contribution in [0.15, 0.2) is 47.4 Å². The van der Waals surface area contributed by atoms with Gasteiger partial charge in [0.05, 0.1) is 19.6 Å². The summed E-state index contributed by atoms with van der Waals surface area (Å²) in [6.45, 7) is 11.2. The predicted molar refractivity (Wildman–Crippen MR) is 134 cm³/mol. The molecule has 2 aromatic carbocycles. The van der Waals surface area contributed by atoms with E-state index in [0.717, 1.165) is 27.9 Å². The highest BCUT2D eigenvalue weighted by atomic mass is 35.5. The van der Waals surface area contributed by atoms with Gasteiger partial charge in [0.1, 0.15) is 5.75 Å². The van der Waals surface area contributed by atoms with E-state index in [1.165, 1.54) is 12.0 Å². The maximum atomic E-state index is 12.6. The third-order valence-electron chi connectivity index (χ3n) is 5.34. The molecule has 0 aliphatic carbocycles. The summed E-state index contributed by atoms with van der Waals surface area (Å²) in [6.07, 6.45) is 0.558. The van der Waals surface area contributed by atoms with Crippen molar-refractivity contribution in [1.29, 1.82) is 0 Å². The van der Waals surface area contributed by atoms with Gasteiger partial charge in [0.15, 0.2) is 0 Å². The van der Waals surface area contributed by atoms with Crippen LogP contribution in [0.4, 0.5) is 0 Å². The highest BCUT2D eigenvalue weighted by molar-refractivity contribution is 8.00. The number of rotatable bonds is 7. The van der Waals surface area contributed by atoms with Crippen molar-refractivity contribution >= 4 is 40.2 Å². The van der Waals surface area contributed by atoms with Gasteiger partial charge in [-0.3, -0.25) is 4.79 Å². The van der Waals surface area contributed by atoms with E-state index in [2.05, 4.69) is 37.5 Å². The minimum Gasteiger partial charge on any atom is -0.497 e. The maximum absolute atomic E-state index is 12.6. The van der Waals surface area contributed by atoms with Crippen LogP contribution in [0.3, 0.4) is 0 Å². The quantitative estimate of drug-likeness (QED) is 0.274. The number of nitrogens with zero attached hydrogens (tertiary/aromatic N) is 1. The molecule has 0 bridgehead atoms. The molecule has 0 atom stereocenters. The van der Waals surface area contributed by atoms with E-state index in [4.69, 9.17) is 21.1 Å². The van der Waals surface area contributed by atoms with E-state index in [1.54, 1.807) is 7.11 Å². The van der Waals surface area contributed by atoms with Crippen molar-refractivity contribution in [2.75, 3.05) is 14.2 Å². The molecule has 1 aromatic heterocycles. The van der Waals surface area contributed by atoms with Crippen molar-refractivity contribution in [2.24, 2.45) is 5.41 Å². The number of methoxy groups -OCH3 is 2. The Morgan fingerprint density at radius 2 is 1.69 bits per heavy atom. The number of aromatic nitrogens is 1. The second kappa shape index (κ2) is 9.40. The van der Waals surface area contributed by atoms with Gasteiger partial charge in [0.25, 0.3) is 0 Å². The average molecular weight is 474 g/mol. The van der Waals surface area contributed by atoms with Gasteiger partial charge in [-0.1, -0.05) is 44.5 Å². The standard InChI is InChI=1S/C26H32ClNO3S/c1-25(2,3)32-23-20-14-19(30-6)12-13-21(20)28(16-17-8-10-18(27)11-9-17)22(23)15-26(4,5)24(29)31-7/h8-14H,15-16H2,1-7H3. The second-order valence-electron chi connectivity index (χ2n) is 9.64. The summed E-state index contributed by atoms with van der Waals surface area (Å²) >= 11 is 7.93. The Labute approximate surface area is 200 Å². The number of carbonyl (C=O) groups excluding carboxylic acids is 1. The number of fused-ring (bicyclic) bond motifs is 1. The normalized spacial score (nSPS) is 12.2. The molecule has 0 radical (unpaired) electrons. The molecule has 3 aromatic rings. The SMILES string of the molecule is COC(=O)C(C)(C)Cc1c(SC(C)(C)C)c2cc(OC)ccc2n1Cc1ccc(Cl)cc1. The number of halogens is 1. The van der Waals surface area contributed by atoms with Gasteiger partial charge in [-0.2, -0.15) is 0 Å². The monoisotopic (exact) mass is 473 g/mol. The summed E-state index contributed by atoms with van der Waals surface area (Å²) in [6, 6.07) is 14.1. The number of thioether (sulfide) groups is 1. The third-order valence-corrected chi connectivity index (χ3v) is 6.86. The van der Waals surface area contributed by atoms with E-state index in [-0.39, 0.29) is 10.7 Å². The Morgan fingerprint density at radius 3 is 2.25 bits per heavy atom. The summed E-state index contributed by atoms with van der Waals surface area (Å²) in [5.41, 5.74) is 2.71.